The van der Waals surface area contributed by atoms with E-state index in [1.165, 1.54) is 37.9 Å². The van der Waals surface area contributed by atoms with Crippen molar-refractivity contribution in [2.45, 2.75) is 67.7 Å². The van der Waals surface area contributed by atoms with Gasteiger partial charge in [-0.05, 0) is 18.8 Å². The first-order valence-electron chi connectivity index (χ1n) is 6.71. The topological polar surface area (TPSA) is 26.0 Å². The summed E-state index contributed by atoms with van der Waals surface area (Å²) in [5.74, 6) is 2.08. The Morgan fingerprint density at radius 3 is 2.38 bits per heavy atom. The third kappa shape index (κ3) is 3.11. The van der Waals surface area contributed by atoms with Crippen LogP contribution in [0.1, 0.15) is 46.0 Å². The van der Waals surface area contributed by atoms with E-state index < -0.39 is 0 Å². The molecule has 4 atom stereocenters. The van der Waals surface area contributed by atoms with Gasteiger partial charge in [-0.1, -0.05) is 33.1 Å². The van der Waals surface area contributed by atoms with Crippen molar-refractivity contribution in [1.82, 2.24) is 0 Å². The molecule has 0 aromatic heterocycles. The third-order valence-electron chi connectivity index (χ3n) is 4.20. The lowest BCUT2D eigenvalue weighted by Gasteiger charge is -2.38. The highest BCUT2D eigenvalue weighted by atomic mass is 32.2. The van der Waals surface area contributed by atoms with E-state index in [9.17, 15) is 0 Å². The van der Waals surface area contributed by atoms with Crippen molar-refractivity contribution in [3.8, 4) is 0 Å². The molecule has 2 fully saturated rings. The van der Waals surface area contributed by atoms with Crippen LogP contribution in [0.4, 0.5) is 0 Å². The molecule has 16 heavy (non-hydrogen) atoms. The van der Waals surface area contributed by atoms with E-state index in [0.29, 0.717) is 11.3 Å². The number of thioether (sulfide) groups is 2. The zero-order valence-electron chi connectivity index (χ0n) is 10.5. The summed E-state index contributed by atoms with van der Waals surface area (Å²) in [7, 11) is 0. The van der Waals surface area contributed by atoms with Crippen LogP contribution in [0.5, 0.6) is 0 Å². The number of rotatable bonds is 2. The maximum Gasteiger partial charge on any atom is 0.0295 e. The summed E-state index contributed by atoms with van der Waals surface area (Å²) in [6, 6.07) is 0.452. The molecule has 0 radical (unpaired) electrons. The highest BCUT2D eigenvalue weighted by molar-refractivity contribution is 8.07. The van der Waals surface area contributed by atoms with Gasteiger partial charge in [-0.25, -0.2) is 0 Å². The lowest BCUT2D eigenvalue weighted by molar-refractivity contribution is 0.304. The van der Waals surface area contributed by atoms with Crippen LogP contribution in [0.15, 0.2) is 0 Å². The van der Waals surface area contributed by atoms with Crippen molar-refractivity contribution in [1.29, 1.82) is 0 Å². The van der Waals surface area contributed by atoms with Gasteiger partial charge in [0.15, 0.2) is 0 Å². The Bertz CT molecular complexity index is 216. The van der Waals surface area contributed by atoms with E-state index in [-0.39, 0.29) is 0 Å². The van der Waals surface area contributed by atoms with Gasteiger partial charge in [0.25, 0.3) is 0 Å². The fourth-order valence-corrected chi connectivity index (χ4v) is 5.97. The first-order chi connectivity index (χ1) is 7.68. The molecule has 1 saturated heterocycles. The molecule has 0 amide bonds. The van der Waals surface area contributed by atoms with Crippen LogP contribution in [-0.4, -0.2) is 27.5 Å². The quantitative estimate of drug-likeness (QED) is 0.822. The Hall–Kier alpha value is 0.660. The highest BCUT2D eigenvalue weighted by Crippen LogP contribution is 2.39. The van der Waals surface area contributed by atoms with Crippen molar-refractivity contribution in [2.24, 2.45) is 11.7 Å². The van der Waals surface area contributed by atoms with E-state index in [1.807, 2.05) is 0 Å². The number of hydrogen-bond donors (Lipinski definition) is 1. The maximum atomic E-state index is 6.50. The molecular weight excluding hydrogens is 234 g/mol. The van der Waals surface area contributed by atoms with E-state index in [1.54, 1.807) is 0 Å². The lowest BCUT2D eigenvalue weighted by Crippen LogP contribution is -2.45. The van der Waals surface area contributed by atoms with Crippen LogP contribution in [0.3, 0.4) is 0 Å². The Morgan fingerprint density at radius 2 is 1.75 bits per heavy atom. The molecule has 1 heterocycles. The molecule has 1 aliphatic heterocycles. The van der Waals surface area contributed by atoms with Crippen LogP contribution in [0.2, 0.25) is 0 Å². The fraction of sp³-hybridized carbons (Fsp3) is 1.00. The summed E-state index contributed by atoms with van der Waals surface area (Å²) < 4.78 is 0. The third-order valence-corrected chi connectivity index (χ3v) is 7.73. The van der Waals surface area contributed by atoms with Gasteiger partial charge in [-0.2, -0.15) is 23.5 Å². The van der Waals surface area contributed by atoms with Gasteiger partial charge in [0, 0.05) is 27.5 Å². The van der Waals surface area contributed by atoms with E-state index in [0.717, 1.165) is 16.4 Å². The monoisotopic (exact) mass is 259 g/mol. The molecule has 0 aromatic carbocycles. The smallest absolute Gasteiger partial charge is 0.0295 e. The van der Waals surface area contributed by atoms with Gasteiger partial charge < -0.3 is 5.73 Å². The van der Waals surface area contributed by atoms with Crippen molar-refractivity contribution in [3.05, 3.63) is 0 Å². The summed E-state index contributed by atoms with van der Waals surface area (Å²) >= 11 is 4.28. The van der Waals surface area contributed by atoms with Gasteiger partial charge >= 0.3 is 0 Å². The number of hydrogen-bond acceptors (Lipinski definition) is 3. The van der Waals surface area contributed by atoms with Crippen molar-refractivity contribution >= 4 is 23.5 Å². The molecule has 2 rings (SSSR count). The molecule has 4 unspecified atom stereocenters. The Morgan fingerprint density at radius 1 is 1.06 bits per heavy atom. The average molecular weight is 259 g/mol. The molecule has 1 aliphatic carbocycles. The molecule has 1 saturated carbocycles. The first-order valence-corrected chi connectivity index (χ1v) is 8.70. The summed E-state index contributed by atoms with van der Waals surface area (Å²) in [4.78, 5) is 0. The Kier molecular flexibility index (Phi) is 4.92. The molecule has 2 aliphatic rings. The predicted molar refractivity (Wildman–Crippen MR) is 77.3 cm³/mol. The molecule has 94 valence electrons. The Labute approximate surface area is 109 Å². The van der Waals surface area contributed by atoms with Gasteiger partial charge in [-0.3, -0.25) is 0 Å². The molecule has 0 aromatic rings. The molecule has 0 bridgehead atoms. The largest absolute Gasteiger partial charge is 0.326 e. The predicted octanol–water partition coefficient (Wildman–Crippen LogP) is 3.52. The molecule has 1 nitrogen and oxygen atoms in total. The van der Waals surface area contributed by atoms with Crippen LogP contribution in [-0.2, 0) is 0 Å². The van der Waals surface area contributed by atoms with E-state index in [2.05, 4.69) is 37.4 Å². The van der Waals surface area contributed by atoms with Crippen molar-refractivity contribution in [2.75, 3.05) is 5.75 Å². The van der Waals surface area contributed by atoms with Gasteiger partial charge in [0.05, 0.1) is 0 Å². The van der Waals surface area contributed by atoms with Gasteiger partial charge in [0.1, 0.15) is 0 Å². The van der Waals surface area contributed by atoms with Gasteiger partial charge in [0.2, 0.25) is 0 Å². The van der Waals surface area contributed by atoms with Gasteiger partial charge in [-0.15, -0.1) is 0 Å². The van der Waals surface area contributed by atoms with E-state index in [4.69, 9.17) is 5.73 Å². The van der Waals surface area contributed by atoms with Crippen LogP contribution in [0.25, 0.3) is 0 Å². The SMILES string of the molecule is CC1SCC(C(N)C2CCCCC2)SC1C. The zero-order chi connectivity index (χ0) is 11.5. The second-order valence-electron chi connectivity index (χ2n) is 5.39. The standard InChI is InChI=1S/C13H25NS2/c1-9-10(2)16-12(8-15-9)13(14)11-6-4-3-5-7-11/h9-13H,3-8,14H2,1-2H3. The lowest BCUT2D eigenvalue weighted by atomic mass is 9.83. The molecular formula is C13H25NS2. The summed E-state index contributed by atoms with van der Waals surface area (Å²) in [6.45, 7) is 4.72. The maximum absolute atomic E-state index is 6.50. The minimum Gasteiger partial charge on any atom is -0.326 e. The average Bonchev–Trinajstić information content (AvgIpc) is 2.33. The summed E-state index contributed by atoms with van der Waals surface area (Å²) in [5.41, 5.74) is 6.50. The van der Waals surface area contributed by atoms with Crippen molar-refractivity contribution in [3.63, 3.8) is 0 Å². The van der Waals surface area contributed by atoms with Crippen molar-refractivity contribution < 1.29 is 0 Å². The fourth-order valence-electron chi connectivity index (χ4n) is 2.83. The van der Waals surface area contributed by atoms with Crippen LogP contribution >= 0.6 is 23.5 Å². The minimum absolute atomic E-state index is 0.452. The molecule has 0 spiro atoms. The normalized spacial score (nSPS) is 39.6. The van der Waals surface area contributed by atoms with Crippen LogP contribution < -0.4 is 5.73 Å². The molecule has 3 heteroatoms. The molecule has 2 N–H and O–H groups in total. The second kappa shape index (κ2) is 6.01. The Balaban J connectivity index is 1.86. The first kappa shape index (κ1) is 13.1. The summed E-state index contributed by atoms with van der Waals surface area (Å²) in [6.07, 6.45) is 7.02. The second-order valence-corrected chi connectivity index (χ2v) is 8.43. The van der Waals surface area contributed by atoms with E-state index >= 15 is 0 Å². The number of nitrogens with two attached hydrogens (primary N) is 1. The summed E-state index contributed by atoms with van der Waals surface area (Å²) in [5, 5.41) is 2.29. The highest BCUT2D eigenvalue weighted by Gasteiger charge is 2.33. The van der Waals surface area contributed by atoms with Crippen LogP contribution in [0, 0.1) is 5.92 Å². The zero-order valence-corrected chi connectivity index (χ0v) is 12.2. The minimum atomic E-state index is 0.452.